The van der Waals surface area contributed by atoms with Crippen LogP contribution >= 0.6 is 11.3 Å². The van der Waals surface area contributed by atoms with Crippen molar-refractivity contribution in [1.29, 1.82) is 0 Å². The third kappa shape index (κ3) is 5.39. The van der Waals surface area contributed by atoms with E-state index in [1.807, 2.05) is 25.3 Å². The van der Waals surface area contributed by atoms with Crippen molar-refractivity contribution in [2.24, 2.45) is 0 Å². The van der Waals surface area contributed by atoms with Crippen molar-refractivity contribution in [2.45, 2.75) is 44.0 Å². The van der Waals surface area contributed by atoms with Crippen LogP contribution in [0.25, 0.3) is 0 Å². The summed E-state index contributed by atoms with van der Waals surface area (Å²) < 4.78 is 26.1. The summed E-state index contributed by atoms with van der Waals surface area (Å²) in [5.74, 6) is -0.0635. The highest BCUT2D eigenvalue weighted by molar-refractivity contribution is 7.89. The zero-order chi connectivity index (χ0) is 18.4. The fraction of sp³-hybridized carbons (Fsp3) is 0.389. The Bertz CT molecular complexity index is 782. The lowest BCUT2D eigenvalue weighted by molar-refractivity contribution is -0.116. The molecule has 25 heavy (non-hydrogen) atoms. The van der Waals surface area contributed by atoms with Crippen LogP contribution in [0.15, 0.2) is 46.7 Å². The number of benzene rings is 1. The van der Waals surface area contributed by atoms with Gasteiger partial charge in [-0.05, 0) is 62.4 Å². The molecule has 5 nitrogen and oxygen atoms in total. The molecule has 1 aromatic carbocycles. The van der Waals surface area contributed by atoms with Gasteiger partial charge in [-0.3, -0.25) is 4.79 Å². The van der Waals surface area contributed by atoms with Crippen molar-refractivity contribution in [2.75, 3.05) is 12.4 Å². The molecule has 0 atom stereocenters. The molecule has 0 radical (unpaired) electrons. The third-order valence-corrected chi connectivity index (χ3v) is 6.93. The second kappa shape index (κ2) is 8.60. The molecular formula is C18H24N2O3S2. The smallest absolute Gasteiger partial charge is 0.243 e. The quantitative estimate of drug-likeness (QED) is 0.759. The molecular weight excluding hydrogens is 356 g/mol. The third-order valence-electron chi connectivity index (χ3n) is 3.95. The standard InChI is InChI=1S/C18H24N2O3S2/c1-14(2)20(3)25(22,23)17-11-9-15(10-12-17)19-18(21)8-4-6-16-7-5-13-24-16/h5,7,9-14H,4,6,8H2,1-3H3,(H,19,21). The van der Waals surface area contributed by atoms with Gasteiger partial charge in [0.1, 0.15) is 0 Å². The molecule has 0 aliphatic rings. The van der Waals surface area contributed by atoms with Crippen LogP contribution in [0, 0.1) is 0 Å². The molecule has 1 aromatic heterocycles. The van der Waals surface area contributed by atoms with E-state index in [4.69, 9.17) is 0 Å². The summed E-state index contributed by atoms with van der Waals surface area (Å²) in [6.45, 7) is 3.64. The molecule has 2 aromatic rings. The lowest BCUT2D eigenvalue weighted by Crippen LogP contribution is -2.33. The number of carbonyl (C=O) groups excluding carboxylic acids is 1. The molecule has 0 spiro atoms. The molecule has 0 saturated heterocycles. The summed E-state index contributed by atoms with van der Waals surface area (Å²) in [6, 6.07) is 10.2. The van der Waals surface area contributed by atoms with Gasteiger partial charge in [0.25, 0.3) is 0 Å². The number of nitrogens with one attached hydrogen (secondary N) is 1. The largest absolute Gasteiger partial charge is 0.326 e. The lowest BCUT2D eigenvalue weighted by Gasteiger charge is -2.21. The van der Waals surface area contributed by atoms with Crippen LogP contribution in [-0.2, 0) is 21.2 Å². The SMILES string of the molecule is CC(C)N(C)S(=O)(=O)c1ccc(NC(=O)CCCc2cccs2)cc1. The van der Waals surface area contributed by atoms with E-state index in [1.54, 1.807) is 30.5 Å². The van der Waals surface area contributed by atoms with Gasteiger partial charge in [0.05, 0.1) is 4.90 Å². The van der Waals surface area contributed by atoms with E-state index < -0.39 is 10.0 Å². The molecule has 1 N–H and O–H groups in total. The Kier molecular flexibility index (Phi) is 6.75. The second-order valence-electron chi connectivity index (χ2n) is 6.12. The monoisotopic (exact) mass is 380 g/mol. The van der Waals surface area contributed by atoms with Gasteiger partial charge in [-0.15, -0.1) is 11.3 Å². The molecule has 0 bridgehead atoms. The van der Waals surface area contributed by atoms with Gasteiger partial charge in [0, 0.05) is 30.1 Å². The predicted molar refractivity (Wildman–Crippen MR) is 102 cm³/mol. The molecule has 0 fully saturated rings. The average Bonchev–Trinajstić information content (AvgIpc) is 3.08. The lowest BCUT2D eigenvalue weighted by atomic mass is 10.2. The maximum atomic E-state index is 12.4. The average molecular weight is 381 g/mol. The van der Waals surface area contributed by atoms with Crippen LogP contribution < -0.4 is 5.32 Å². The highest BCUT2D eigenvalue weighted by atomic mass is 32.2. The number of aryl methyl sites for hydroxylation is 1. The van der Waals surface area contributed by atoms with Gasteiger partial charge in [-0.2, -0.15) is 4.31 Å². The van der Waals surface area contributed by atoms with Crippen molar-refractivity contribution in [3.8, 4) is 0 Å². The van der Waals surface area contributed by atoms with Gasteiger partial charge < -0.3 is 5.32 Å². The summed E-state index contributed by atoms with van der Waals surface area (Å²) in [5.41, 5.74) is 0.604. The Morgan fingerprint density at radius 1 is 1.20 bits per heavy atom. The number of sulfonamides is 1. The van der Waals surface area contributed by atoms with Crippen LogP contribution in [-0.4, -0.2) is 31.7 Å². The van der Waals surface area contributed by atoms with Crippen LogP contribution in [0.1, 0.15) is 31.6 Å². The van der Waals surface area contributed by atoms with E-state index in [0.29, 0.717) is 12.1 Å². The van der Waals surface area contributed by atoms with Crippen molar-refractivity contribution in [3.05, 3.63) is 46.7 Å². The highest BCUT2D eigenvalue weighted by Crippen LogP contribution is 2.19. The summed E-state index contributed by atoms with van der Waals surface area (Å²) >= 11 is 1.69. The van der Waals surface area contributed by atoms with Gasteiger partial charge in [-0.25, -0.2) is 8.42 Å². The molecule has 0 saturated carbocycles. The summed E-state index contributed by atoms with van der Waals surface area (Å²) in [4.78, 5) is 13.5. The maximum absolute atomic E-state index is 12.4. The Morgan fingerprint density at radius 2 is 1.88 bits per heavy atom. The Morgan fingerprint density at radius 3 is 2.44 bits per heavy atom. The molecule has 1 heterocycles. The van der Waals surface area contributed by atoms with Crippen molar-refractivity contribution < 1.29 is 13.2 Å². The minimum atomic E-state index is -3.50. The van der Waals surface area contributed by atoms with Gasteiger partial charge >= 0.3 is 0 Å². The van der Waals surface area contributed by atoms with E-state index in [1.165, 1.54) is 21.3 Å². The topological polar surface area (TPSA) is 66.5 Å². The first kappa shape index (κ1) is 19.6. The number of anilines is 1. The van der Waals surface area contributed by atoms with Gasteiger partial charge in [0.15, 0.2) is 0 Å². The summed E-state index contributed by atoms with van der Waals surface area (Å²) in [7, 11) is -1.94. The Balaban J connectivity index is 1.90. The zero-order valence-corrected chi connectivity index (χ0v) is 16.4. The van der Waals surface area contributed by atoms with E-state index in [9.17, 15) is 13.2 Å². The molecule has 7 heteroatoms. The van der Waals surface area contributed by atoms with Gasteiger partial charge in [-0.1, -0.05) is 6.07 Å². The fourth-order valence-electron chi connectivity index (χ4n) is 2.26. The first-order chi connectivity index (χ1) is 11.8. The first-order valence-corrected chi connectivity index (χ1v) is 10.5. The van der Waals surface area contributed by atoms with E-state index in [-0.39, 0.29) is 16.8 Å². The van der Waals surface area contributed by atoms with Crippen molar-refractivity contribution in [1.82, 2.24) is 4.31 Å². The Hall–Kier alpha value is -1.70. The number of hydrogen-bond acceptors (Lipinski definition) is 4. The van der Waals surface area contributed by atoms with Crippen molar-refractivity contribution >= 4 is 33.0 Å². The second-order valence-corrected chi connectivity index (χ2v) is 9.15. The summed E-state index contributed by atoms with van der Waals surface area (Å²) in [6.07, 6.45) is 2.12. The molecule has 0 unspecified atom stereocenters. The van der Waals surface area contributed by atoms with Crippen LogP contribution in [0.4, 0.5) is 5.69 Å². The number of thiophene rings is 1. The molecule has 0 aliphatic heterocycles. The van der Waals surface area contributed by atoms with Gasteiger partial charge in [0.2, 0.25) is 15.9 Å². The number of hydrogen-bond donors (Lipinski definition) is 1. The van der Waals surface area contributed by atoms with Crippen molar-refractivity contribution in [3.63, 3.8) is 0 Å². The first-order valence-electron chi connectivity index (χ1n) is 8.21. The normalized spacial score (nSPS) is 11.9. The highest BCUT2D eigenvalue weighted by Gasteiger charge is 2.22. The van der Waals surface area contributed by atoms with E-state index >= 15 is 0 Å². The van der Waals surface area contributed by atoms with Crippen LogP contribution in [0.2, 0.25) is 0 Å². The number of rotatable bonds is 8. The molecule has 1 amide bonds. The maximum Gasteiger partial charge on any atom is 0.243 e. The number of nitrogens with zero attached hydrogens (tertiary/aromatic N) is 1. The number of carbonyl (C=O) groups is 1. The van der Waals surface area contributed by atoms with Crippen LogP contribution in [0.3, 0.4) is 0 Å². The van der Waals surface area contributed by atoms with Crippen LogP contribution in [0.5, 0.6) is 0 Å². The van der Waals surface area contributed by atoms with E-state index in [0.717, 1.165) is 12.8 Å². The number of amides is 1. The molecule has 136 valence electrons. The predicted octanol–water partition coefficient (Wildman–Crippen LogP) is 3.74. The summed E-state index contributed by atoms with van der Waals surface area (Å²) in [5, 5.41) is 4.84. The molecule has 2 rings (SSSR count). The minimum Gasteiger partial charge on any atom is -0.326 e. The zero-order valence-electron chi connectivity index (χ0n) is 14.7. The Labute approximate surface area is 153 Å². The fourth-order valence-corrected chi connectivity index (χ4v) is 4.37. The van der Waals surface area contributed by atoms with E-state index in [2.05, 4.69) is 11.4 Å². The minimum absolute atomic E-state index is 0.0635. The molecule has 0 aliphatic carbocycles.